The molecule has 0 unspecified atom stereocenters. The van der Waals surface area contributed by atoms with Gasteiger partial charge in [-0.2, -0.15) is 5.10 Å². The number of halogens is 1. The number of carbonyl (C=O) groups is 1. The number of rotatable bonds is 3. The third kappa shape index (κ3) is 2.36. The smallest absolute Gasteiger partial charge is 0.153 e. The van der Waals surface area contributed by atoms with Crippen molar-refractivity contribution in [3.05, 3.63) is 64.1 Å². The average molecular weight is 375 g/mol. The highest BCUT2D eigenvalue weighted by Crippen LogP contribution is 2.26. The summed E-state index contributed by atoms with van der Waals surface area (Å²) >= 11 is 2.25. The molecule has 1 aromatic carbocycles. The Kier molecular flexibility index (Phi) is 3.60. The summed E-state index contributed by atoms with van der Waals surface area (Å²) in [6.45, 7) is 0. The summed E-state index contributed by atoms with van der Waals surface area (Å²) in [5.74, 6) is 0. The van der Waals surface area contributed by atoms with E-state index in [-0.39, 0.29) is 0 Å². The minimum atomic E-state index is 0.575. The van der Waals surface area contributed by atoms with Gasteiger partial charge in [-0.05, 0) is 40.8 Å². The predicted molar refractivity (Wildman–Crippen MR) is 84.9 cm³/mol. The summed E-state index contributed by atoms with van der Waals surface area (Å²) in [5.41, 5.74) is 3.11. The monoisotopic (exact) mass is 375 g/mol. The number of pyridine rings is 1. The molecule has 0 saturated heterocycles. The van der Waals surface area contributed by atoms with E-state index >= 15 is 0 Å². The van der Waals surface area contributed by atoms with E-state index in [1.807, 2.05) is 36.4 Å². The molecule has 0 saturated carbocycles. The second kappa shape index (κ2) is 5.54. The highest BCUT2D eigenvalue weighted by atomic mass is 127. The third-order valence-electron chi connectivity index (χ3n) is 2.93. The van der Waals surface area contributed by atoms with Crippen LogP contribution >= 0.6 is 22.6 Å². The van der Waals surface area contributed by atoms with Crippen molar-refractivity contribution in [3.8, 4) is 16.9 Å². The van der Waals surface area contributed by atoms with Gasteiger partial charge >= 0.3 is 0 Å². The summed E-state index contributed by atoms with van der Waals surface area (Å²) in [6.07, 6.45) is 5.97. The predicted octanol–water partition coefficient (Wildman–Crippen LogP) is 3.35. The van der Waals surface area contributed by atoms with Gasteiger partial charge in [0.05, 0.1) is 11.3 Å². The maximum Gasteiger partial charge on any atom is 0.153 e. The van der Waals surface area contributed by atoms with Gasteiger partial charge in [-0.3, -0.25) is 9.78 Å². The first-order valence-corrected chi connectivity index (χ1v) is 7.07. The van der Waals surface area contributed by atoms with Crippen LogP contribution in [0.4, 0.5) is 0 Å². The van der Waals surface area contributed by atoms with Gasteiger partial charge in [0.15, 0.2) is 6.29 Å². The SMILES string of the molecule is O=Cc1cn(-c2ccncc2)nc1-c1ccccc1I. The number of carbonyl (C=O) groups excluding carboxylic acids is 1. The zero-order chi connectivity index (χ0) is 13.9. The van der Waals surface area contributed by atoms with Crippen LogP contribution in [0.25, 0.3) is 16.9 Å². The highest BCUT2D eigenvalue weighted by molar-refractivity contribution is 14.1. The summed E-state index contributed by atoms with van der Waals surface area (Å²) in [6, 6.07) is 11.6. The van der Waals surface area contributed by atoms with Crippen LogP contribution in [0.1, 0.15) is 10.4 Å². The summed E-state index contributed by atoms with van der Waals surface area (Å²) in [4.78, 5) is 15.3. The van der Waals surface area contributed by atoms with Crippen LogP contribution in [0.5, 0.6) is 0 Å². The minimum Gasteiger partial charge on any atom is -0.298 e. The lowest BCUT2D eigenvalue weighted by Crippen LogP contribution is -1.95. The molecular formula is C15H10IN3O. The van der Waals surface area contributed by atoms with Gasteiger partial charge < -0.3 is 0 Å². The molecule has 4 nitrogen and oxygen atoms in total. The summed E-state index contributed by atoms with van der Waals surface area (Å²) < 4.78 is 2.76. The largest absolute Gasteiger partial charge is 0.298 e. The van der Waals surface area contributed by atoms with E-state index < -0.39 is 0 Å². The molecule has 0 radical (unpaired) electrons. The second-order valence-electron chi connectivity index (χ2n) is 4.18. The molecule has 5 heteroatoms. The number of benzene rings is 1. The first kappa shape index (κ1) is 13.0. The van der Waals surface area contributed by atoms with Crippen molar-refractivity contribution in [1.29, 1.82) is 0 Å². The molecule has 0 aliphatic heterocycles. The molecule has 98 valence electrons. The fourth-order valence-corrected chi connectivity index (χ4v) is 2.61. The molecule has 20 heavy (non-hydrogen) atoms. The lowest BCUT2D eigenvalue weighted by Gasteiger charge is -2.02. The van der Waals surface area contributed by atoms with Crippen molar-refractivity contribution < 1.29 is 4.79 Å². The molecule has 0 aliphatic rings. The second-order valence-corrected chi connectivity index (χ2v) is 5.34. The van der Waals surface area contributed by atoms with Crippen LogP contribution in [0.15, 0.2) is 55.0 Å². The van der Waals surface area contributed by atoms with Gasteiger partial charge in [0.25, 0.3) is 0 Å². The number of aromatic nitrogens is 3. The Bertz CT molecular complexity index is 753. The standard InChI is InChI=1S/C15H10IN3O/c16-14-4-2-1-3-13(14)15-11(10-20)9-19(18-15)12-5-7-17-8-6-12/h1-10H. The van der Waals surface area contributed by atoms with Crippen molar-refractivity contribution in [3.63, 3.8) is 0 Å². The lowest BCUT2D eigenvalue weighted by atomic mass is 10.1. The molecule has 0 amide bonds. The fraction of sp³-hybridized carbons (Fsp3) is 0. The van der Waals surface area contributed by atoms with Gasteiger partial charge in [0.1, 0.15) is 5.69 Å². The number of nitrogens with zero attached hydrogens (tertiary/aromatic N) is 3. The fourth-order valence-electron chi connectivity index (χ4n) is 1.97. The van der Waals surface area contributed by atoms with E-state index in [9.17, 15) is 4.79 Å². The highest BCUT2D eigenvalue weighted by Gasteiger charge is 2.13. The Morgan fingerprint density at radius 1 is 1.10 bits per heavy atom. The van der Waals surface area contributed by atoms with Gasteiger partial charge in [-0.15, -0.1) is 0 Å². The Morgan fingerprint density at radius 3 is 2.55 bits per heavy atom. The molecule has 0 spiro atoms. The number of aldehydes is 1. The first-order valence-electron chi connectivity index (χ1n) is 6.00. The quantitative estimate of drug-likeness (QED) is 0.521. The Labute approximate surface area is 129 Å². The number of hydrogen-bond donors (Lipinski definition) is 0. The maximum absolute atomic E-state index is 11.3. The Balaban J connectivity index is 2.16. The summed E-state index contributed by atoms with van der Waals surface area (Å²) in [7, 11) is 0. The van der Waals surface area contributed by atoms with Crippen LogP contribution < -0.4 is 0 Å². The van der Waals surface area contributed by atoms with E-state index in [0.29, 0.717) is 11.3 Å². The summed E-state index contributed by atoms with van der Waals surface area (Å²) in [5, 5.41) is 4.54. The molecule has 3 rings (SSSR count). The molecule has 0 aliphatic carbocycles. The lowest BCUT2D eigenvalue weighted by molar-refractivity contribution is 0.112. The van der Waals surface area contributed by atoms with Gasteiger partial charge in [-0.25, -0.2) is 4.68 Å². The average Bonchev–Trinajstić information content (AvgIpc) is 2.93. The zero-order valence-electron chi connectivity index (χ0n) is 10.4. The van der Waals surface area contributed by atoms with Crippen molar-refractivity contribution in [2.45, 2.75) is 0 Å². The van der Waals surface area contributed by atoms with Crippen LogP contribution in [0.3, 0.4) is 0 Å². The van der Waals surface area contributed by atoms with Crippen molar-refractivity contribution >= 4 is 28.9 Å². The van der Waals surface area contributed by atoms with E-state index in [0.717, 1.165) is 21.1 Å². The topological polar surface area (TPSA) is 47.8 Å². The molecule has 0 atom stereocenters. The van der Waals surface area contributed by atoms with Crippen LogP contribution in [-0.4, -0.2) is 21.1 Å². The maximum atomic E-state index is 11.3. The van der Waals surface area contributed by atoms with E-state index in [2.05, 4.69) is 32.7 Å². The van der Waals surface area contributed by atoms with E-state index in [4.69, 9.17) is 0 Å². The van der Waals surface area contributed by atoms with Crippen molar-refractivity contribution in [2.24, 2.45) is 0 Å². The molecular weight excluding hydrogens is 365 g/mol. The van der Waals surface area contributed by atoms with Crippen LogP contribution in [-0.2, 0) is 0 Å². The van der Waals surface area contributed by atoms with Crippen molar-refractivity contribution in [1.82, 2.24) is 14.8 Å². The van der Waals surface area contributed by atoms with Crippen LogP contribution in [0, 0.1) is 3.57 Å². The Hall–Kier alpha value is -2.02. The van der Waals surface area contributed by atoms with Crippen molar-refractivity contribution in [2.75, 3.05) is 0 Å². The molecule has 0 fully saturated rings. The van der Waals surface area contributed by atoms with Gasteiger partial charge in [-0.1, -0.05) is 18.2 Å². The molecule has 0 N–H and O–H groups in total. The van der Waals surface area contributed by atoms with Crippen LogP contribution in [0.2, 0.25) is 0 Å². The molecule has 0 bridgehead atoms. The molecule has 3 aromatic rings. The first-order chi connectivity index (χ1) is 9.79. The van der Waals surface area contributed by atoms with E-state index in [1.165, 1.54) is 0 Å². The third-order valence-corrected chi connectivity index (χ3v) is 3.87. The van der Waals surface area contributed by atoms with E-state index in [1.54, 1.807) is 23.3 Å². The Morgan fingerprint density at radius 2 is 1.85 bits per heavy atom. The zero-order valence-corrected chi connectivity index (χ0v) is 12.6. The van der Waals surface area contributed by atoms with Gasteiger partial charge in [0.2, 0.25) is 0 Å². The molecule has 2 aromatic heterocycles. The minimum absolute atomic E-state index is 0.575. The van der Waals surface area contributed by atoms with Gasteiger partial charge in [0, 0.05) is 27.7 Å². The molecule has 2 heterocycles. The number of hydrogen-bond acceptors (Lipinski definition) is 3. The normalized spacial score (nSPS) is 10.4.